The first-order valence-electron chi connectivity index (χ1n) is 6.25. The second kappa shape index (κ2) is 5.79. The second-order valence-electron chi connectivity index (χ2n) is 4.49. The Morgan fingerprint density at radius 2 is 1.86 bits per heavy atom. The highest BCUT2D eigenvalue weighted by molar-refractivity contribution is 9.10. The first-order valence-corrected chi connectivity index (χ1v) is 7.92. The third-order valence-electron chi connectivity index (χ3n) is 3.02. The maximum atomic E-state index is 11.2. The molecule has 1 aromatic heterocycles. The minimum Gasteiger partial charge on any atom is -0.366 e. The van der Waals surface area contributed by atoms with E-state index in [4.69, 9.17) is 5.73 Å². The normalized spacial score (nSPS) is 10.5. The topological polar surface area (TPSA) is 56.0 Å². The molecule has 21 heavy (non-hydrogen) atoms. The molecule has 1 amide bonds. The lowest BCUT2D eigenvalue weighted by Gasteiger charge is -2.00. The monoisotopic (exact) mass is 358 g/mol. The van der Waals surface area contributed by atoms with Crippen LogP contribution in [-0.2, 0) is 0 Å². The van der Waals surface area contributed by atoms with Crippen LogP contribution >= 0.6 is 27.3 Å². The van der Waals surface area contributed by atoms with Crippen LogP contribution in [0.15, 0.2) is 58.4 Å². The Hall–Kier alpha value is -1.98. The van der Waals surface area contributed by atoms with Gasteiger partial charge in [-0.1, -0.05) is 40.2 Å². The molecule has 0 aliphatic carbocycles. The molecule has 0 fully saturated rings. The van der Waals surface area contributed by atoms with Crippen molar-refractivity contribution in [3.63, 3.8) is 0 Å². The van der Waals surface area contributed by atoms with Gasteiger partial charge in [0, 0.05) is 26.5 Å². The van der Waals surface area contributed by atoms with Gasteiger partial charge in [-0.05, 0) is 24.3 Å². The summed E-state index contributed by atoms with van der Waals surface area (Å²) in [4.78, 5) is 15.9. The van der Waals surface area contributed by atoms with E-state index in [-0.39, 0.29) is 0 Å². The summed E-state index contributed by atoms with van der Waals surface area (Å²) in [5, 5.41) is 2.88. The number of amides is 1. The zero-order valence-corrected chi connectivity index (χ0v) is 13.3. The number of benzene rings is 2. The second-order valence-corrected chi connectivity index (χ2v) is 6.27. The molecule has 0 saturated heterocycles. The van der Waals surface area contributed by atoms with E-state index in [2.05, 4.69) is 20.9 Å². The van der Waals surface area contributed by atoms with Crippen LogP contribution in [0, 0.1) is 0 Å². The third kappa shape index (κ3) is 3.04. The van der Waals surface area contributed by atoms with E-state index in [0.29, 0.717) is 5.56 Å². The van der Waals surface area contributed by atoms with Crippen molar-refractivity contribution in [3.05, 3.63) is 63.9 Å². The van der Waals surface area contributed by atoms with E-state index in [1.807, 2.05) is 41.8 Å². The summed E-state index contributed by atoms with van der Waals surface area (Å²) in [6, 6.07) is 15.2. The van der Waals surface area contributed by atoms with Gasteiger partial charge in [-0.3, -0.25) is 4.79 Å². The van der Waals surface area contributed by atoms with Crippen molar-refractivity contribution in [2.45, 2.75) is 0 Å². The maximum Gasteiger partial charge on any atom is 0.248 e. The molecule has 3 nitrogen and oxygen atoms in total. The van der Waals surface area contributed by atoms with Gasteiger partial charge in [0.1, 0.15) is 5.01 Å². The molecule has 5 heteroatoms. The molecule has 3 aromatic rings. The van der Waals surface area contributed by atoms with Gasteiger partial charge in [0.15, 0.2) is 0 Å². The zero-order chi connectivity index (χ0) is 14.8. The minimum atomic E-state index is -0.430. The van der Waals surface area contributed by atoms with Gasteiger partial charge >= 0.3 is 0 Å². The van der Waals surface area contributed by atoms with Crippen molar-refractivity contribution in [2.75, 3.05) is 0 Å². The first kappa shape index (κ1) is 14.0. The lowest BCUT2D eigenvalue weighted by atomic mass is 10.1. The summed E-state index contributed by atoms with van der Waals surface area (Å²) in [6.07, 6.45) is 0. The minimum absolute atomic E-state index is 0.430. The van der Waals surface area contributed by atoms with Crippen LogP contribution in [0.25, 0.3) is 21.8 Å². The van der Waals surface area contributed by atoms with Crippen LogP contribution in [0.1, 0.15) is 10.4 Å². The number of halogens is 1. The number of hydrogen-bond donors (Lipinski definition) is 1. The van der Waals surface area contributed by atoms with Gasteiger partial charge in [0.2, 0.25) is 5.91 Å². The highest BCUT2D eigenvalue weighted by Gasteiger charge is 2.09. The summed E-state index contributed by atoms with van der Waals surface area (Å²) >= 11 is 5.01. The molecule has 104 valence electrons. The van der Waals surface area contributed by atoms with E-state index in [0.717, 1.165) is 26.3 Å². The number of nitrogens with two attached hydrogens (primary N) is 1. The number of primary amides is 1. The van der Waals surface area contributed by atoms with Crippen molar-refractivity contribution in [2.24, 2.45) is 5.73 Å². The average Bonchev–Trinajstić information content (AvgIpc) is 2.97. The van der Waals surface area contributed by atoms with Crippen LogP contribution in [0.2, 0.25) is 0 Å². The predicted molar refractivity (Wildman–Crippen MR) is 89.2 cm³/mol. The molecule has 0 spiro atoms. The maximum absolute atomic E-state index is 11.2. The third-order valence-corrected chi connectivity index (χ3v) is 4.40. The van der Waals surface area contributed by atoms with E-state index in [1.54, 1.807) is 23.5 Å². The van der Waals surface area contributed by atoms with E-state index < -0.39 is 5.91 Å². The number of nitrogens with zero attached hydrogens (tertiary/aromatic N) is 1. The highest BCUT2D eigenvalue weighted by atomic mass is 79.9. The Kier molecular flexibility index (Phi) is 3.86. The molecule has 0 radical (unpaired) electrons. The van der Waals surface area contributed by atoms with E-state index in [9.17, 15) is 4.79 Å². The average molecular weight is 359 g/mol. The van der Waals surface area contributed by atoms with Crippen molar-refractivity contribution in [3.8, 4) is 21.8 Å². The van der Waals surface area contributed by atoms with Crippen molar-refractivity contribution in [1.29, 1.82) is 0 Å². The standard InChI is InChI=1S/C16H11BrN2OS/c17-13-6-2-3-10(8-13)14-9-21-16(19-14)12-5-1-4-11(7-12)15(18)20/h1-9H,(H2,18,20). The summed E-state index contributed by atoms with van der Waals surface area (Å²) in [5.41, 5.74) is 8.68. The molecule has 0 aliphatic heterocycles. The van der Waals surface area contributed by atoms with Gasteiger partial charge in [-0.2, -0.15) is 0 Å². The fourth-order valence-corrected chi connectivity index (χ4v) is 3.22. The number of thiazole rings is 1. The number of hydrogen-bond acceptors (Lipinski definition) is 3. The molecule has 0 aliphatic rings. The SMILES string of the molecule is NC(=O)c1cccc(-c2nc(-c3cccc(Br)c3)cs2)c1. The number of aromatic nitrogens is 1. The molecule has 3 rings (SSSR count). The molecule has 2 aromatic carbocycles. The lowest BCUT2D eigenvalue weighted by molar-refractivity contribution is 0.100. The van der Waals surface area contributed by atoms with Gasteiger partial charge in [0.25, 0.3) is 0 Å². The Morgan fingerprint density at radius 3 is 2.62 bits per heavy atom. The lowest BCUT2D eigenvalue weighted by Crippen LogP contribution is -2.10. The Bertz CT molecular complexity index is 813. The Morgan fingerprint density at radius 1 is 1.10 bits per heavy atom. The fourth-order valence-electron chi connectivity index (χ4n) is 1.99. The van der Waals surface area contributed by atoms with Crippen molar-refractivity contribution >= 4 is 33.2 Å². The quantitative estimate of drug-likeness (QED) is 0.756. The summed E-state index contributed by atoms with van der Waals surface area (Å²) in [5.74, 6) is -0.430. The Labute approximate surface area is 134 Å². The smallest absolute Gasteiger partial charge is 0.248 e. The first-order chi connectivity index (χ1) is 10.1. The van der Waals surface area contributed by atoms with Gasteiger partial charge in [-0.15, -0.1) is 11.3 Å². The molecule has 0 bridgehead atoms. The summed E-state index contributed by atoms with van der Waals surface area (Å²) in [7, 11) is 0. The van der Waals surface area contributed by atoms with Crippen LogP contribution in [-0.4, -0.2) is 10.9 Å². The fraction of sp³-hybridized carbons (Fsp3) is 0. The zero-order valence-electron chi connectivity index (χ0n) is 10.9. The molecule has 0 atom stereocenters. The van der Waals surface area contributed by atoms with Crippen LogP contribution in [0.3, 0.4) is 0 Å². The van der Waals surface area contributed by atoms with Crippen molar-refractivity contribution < 1.29 is 4.79 Å². The molecule has 2 N–H and O–H groups in total. The van der Waals surface area contributed by atoms with E-state index >= 15 is 0 Å². The predicted octanol–water partition coefficient (Wildman–Crippen LogP) is 4.34. The molecular weight excluding hydrogens is 348 g/mol. The largest absolute Gasteiger partial charge is 0.366 e. The number of rotatable bonds is 3. The van der Waals surface area contributed by atoms with Gasteiger partial charge in [0.05, 0.1) is 5.69 Å². The molecule has 1 heterocycles. The highest BCUT2D eigenvalue weighted by Crippen LogP contribution is 2.30. The van der Waals surface area contributed by atoms with Crippen LogP contribution in [0.5, 0.6) is 0 Å². The van der Waals surface area contributed by atoms with Gasteiger partial charge in [-0.25, -0.2) is 4.98 Å². The van der Waals surface area contributed by atoms with Crippen LogP contribution < -0.4 is 5.73 Å². The summed E-state index contributed by atoms with van der Waals surface area (Å²) < 4.78 is 1.02. The van der Waals surface area contributed by atoms with E-state index in [1.165, 1.54) is 0 Å². The van der Waals surface area contributed by atoms with Crippen LogP contribution in [0.4, 0.5) is 0 Å². The Balaban J connectivity index is 1.98. The van der Waals surface area contributed by atoms with Crippen molar-refractivity contribution in [1.82, 2.24) is 4.98 Å². The molecule has 0 saturated carbocycles. The number of carbonyl (C=O) groups excluding carboxylic acids is 1. The summed E-state index contributed by atoms with van der Waals surface area (Å²) in [6.45, 7) is 0. The molecular formula is C16H11BrN2OS. The number of carbonyl (C=O) groups is 1. The van der Waals surface area contributed by atoms with Gasteiger partial charge < -0.3 is 5.73 Å². The molecule has 0 unspecified atom stereocenters.